The maximum Gasteiger partial charge on any atom is 0.283 e. The number of hydrogen-bond donors (Lipinski definition) is 2. The second kappa shape index (κ2) is 7.75. The third-order valence-electron chi connectivity index (χ3n) is 4.70. The Morgan fingerprint density at radius 2 is 1.93 bits per heavy atom. The number of anilines is 1. The number of nitrogens with one attached hydrogen (secondary N) is 2. The highest BCUT2D eigenvalue weighted by molar-refractivity contribution is 7.89. The molecule has 146 valence electrons. The van der Waals surface area contributed by atoms with Crippen molar-refractivity contribution in [1.82, 2.24) is 9.46 Å². The molecule has 1 aliphatic rings. The largest absolute Gasteiger partial charge is 0.360 e. The zero-order valence-electron chi connectivity index (χ0n) is 15.1. The van der Waals surface area contributed by atoms with Gasteiger partial charge < -0.3 is 14.7 Å². The minimum Gasteiger partial charge on any atom is -0.360 e. The van der Waals surface area contributed by atoms with Crippen LogP contribution in [0.25, 0.3) is 0 Å². The van der Waals surface area contributed by atoms with Crippen molar-refractivity contribution in [2.75, 3.05) is 31.5 Å². The molecule has 1 atom stereocenters. The summed E-state index contributed by atoms with van der Waals surface area (Å²) in [5.41, 5.74) is 0. The number of rotatable bonds is 5. The van der Waals surface area contributed by atoms with Gasteiger partial charge in [0.15, 0.2) is 11.9 Å². The van der Waals surface area contributed by atoms with Gasteiger partial charge in [0, 0.05) is 6.07 Å². The molecule has 1 aromatic heterocycles. The van der Waals surface area contributed by atoms with Crippen molar-refractivity contribution in [3.05, 3.63) is 41.9 Å². The van der Waals surface area contributed by atoms with Gasteiger partial charge in [-0.15, -0.1) is 0 Å². The Balaban J connectivity index is 1.59. The summed E-state index contributed by atoms with van der Waals surface area (Å²) in [6.45, 7) is 5.09. The van der Waals surface area contributed by atoms with Crippen LogP contribution in [0, 0.1) is 12.7 Å². The van der Waals surface area contributed by atoms with Crippen LogP contribution in [0.1, 0.15) is 12.7 Å². The molecule has 3 rings (SSSR count). The van der Waals surface area contributed by atoms with Gasteiger partial charge in [0.05, 0.1) is 31.1 Å². The van der Waals surface area contributed by atoms with Crippen molar-refractivity contribution in [1.29, 1.82) is 0 Å². The molecular weight excluding hydrogens is 375 g/mol. The Kier molecular flexibility index (Phi) is 5.59. The van der Waals surface area contributed by atoms with Crippen molar-refractivity contribution in [2.24, 2.45) is 0 Å². The molecule has 0 aliphatic carbocycles. The Labute approximate surface area is 157 Å². The van der Waals surface area contributed by atoms with Gasteiger partial charge >= 0.3 is 0 Å². The monoisotopic (exact) mass is 397 g/mol. The van der Waals surface area contributed by atoms with E-state index in [0.29, 0.717) is 24.7 Å². The van der Waals surface area contributed by atoms with Gasteiger partial charge in [-0.25, -0.2) is 12.8 Å². The number of carbonyl (C=O) groups excluding carboxylic acids is 1. The molecule has 2 N–H and O–H groups in total. The fourth-order valence-corrected chi connectivity index (χ4v) is 4.49. The number of benzene rings is 1. The van der Waals surface area contributed by atoms with Crippen LogP contribution in [0.3, 0.4) is 0 Å². The molecule has 1 aromatic carbocycles. The van der Waals surface area contributed by atoms with Crippen LogP contribution in [-0.4, -0.2) is 56.0 Å². The second-order valence-electron chi connectivity index (χ2n) is 6.55. The fraction of sp³-hybridized carbons (Fsp3) is 0.412. The van der Waals surface area contributed by atoms with E-state index in [1.807, 2.05) is 0 Å². The first-order chi connectivity index (χ1) is 12.8. The summed E-state index contributed by atoms with van der Waals surface area (Å²) < 4.78 is 44.6. The fourth-order valence-electron chi connectivity index (χ4n) is 3.05. The van der Waals surface area contributed by atoms with Crippen molar-refractivity contribution >= 4 is 21.7 Å². The zero-order chi connectivity index (χ0) is 19.6. The van der Waals surface area contributed by atoms with E-state index < -0.39 is 15.8 Å². The van der Waals surface area contributed by atoms with Crippen molar-refractivity contribution in [3.8, 4) is 0 Å². The number of piperazine rings is 1. The van der Waals surface area contributed by atoms with Crippen LogP contribution in [0.2, 0.25) is 0 Å². The molecule has 8 nitrogen and oxygen atoms in total. The molecule has 1 saturated heterocycles. The van der Waals surface area contributed by atoms with Crippen LogP contribution >= 0.6 is 0 Å². The lowest BCUT2D eigenvalue weighted by molar-refractivity contribution is -0.917. The van der Waals surface area contributed by atoms with Gasteiger partial charge in [-0.3, -0.25) is 4.79 Å². The molecule has 27 heavy (non-hydrogen) atoms. The quantitative estimate of drug-likeness (QED) is 0.743. The highest BCUT2D eigenvalue weighted by Crippen LogP contribution is 2.16. The van der Waals surface area contributed by atoms with Crippen molar-refractivity contribution in [3.63, 3.8) is 0 Å². The zero-order valence-corrected chi connectivity index (χ0v) is 15.9. The molecule has 0 saturated carbocycles. The first kappa shape index (κ1) is 19.5. The summed E-state index contributed by atoms with van der Waals surface area (Å²) in [6, 6.07) is 6.06. The Bertz CT molecular complexity index is 905. The number of sulfonamides is 1. The predicted molar refractivity (Wildman–Crippen MR) is 95.2 cm³/mol. The first-order valence-electron chi connectivity index (χ1n) is 8.62. The molecule has 1 aliphatic heterocycles. The number of quaternary nitrogens is 1. The lowest BCUT2D eigenvalue weighted by atomic mass is 10.2. The maximum atomic E-state index is 13.0. The van der Waals surface area contributed by atoms with Crippen LogP contribution in [0.15, 0.2) is 39.8 Å². The van der Waals surface area contributed by atoms with E-state index in [1.165, 1.54) is 16.4 Å². The molecule has 0 bridgehead atoms. The third-order valence-corrected chi connectivity index (χ3v) is 6.61. The average molecular weight is 397 g/mol. The van der Waals surface area contributed by atoms with Crippen LogP contribution < -0.4 is 10.2 Å². The van der Waals surface area contributed by atoms with Gasteiger partial charge in [0.1, 0.15) is 11.6 Å². The summed E-state index contributed by atoms with van der Waals surface area (Å²) in [5.74, 6) is 0.282. The number of aryl methyl sites for hydroxylation is 1. The highest BCUT2D eigenvalue weighted by Gasteiger charge is 2.34. The third kappa shape index (κ3) is 4.34. The van der Waals surface area contributed by atoms with E-state index >= 15 is 0 Å². The number of carbonyl (C=O) groups is 1. The Morgan fingerprint density at radius 1 is 1.30 bits per heavy atom. The molecular formula is C17H22FN4O4S+. The number of hydrogen-bond acceptors (Lipinski definition) is 5. The van der Waals surface area contributed by atoms with E-state index in [0.717, 1.165) is 17.0 Å². The SMILES string of the molecule is Cc1cc(NC(=O)[C@@H](C)[NH+]2CCN(S(=O)(=O)c3ccc(F)cc3)CC2)no1. The van der Waals surface area contributed by atoms with Gasteiger partial charge in [0.25, 0.3) is 5.91 Å². The second-order valence-corrected chi connectivity index (χ2v) is 8.49. The van der Waals surface area contributed by atoms with Gasteiger partial charge in [-0.05, 0) is 38.1 Å². The van der Waals surface area contributed by atoms with Gasteiger partial charge in [-0.2, -0.15) is 4.31 Å². The summed E-state index contributed by atoms with van der Waals surface area (Å²) in [5, 5.41) is 6.44. The maximum absolute atomic E-state index is 13.0. The average Bonchev–Trinajstić information content (AvgIpc) is 3.06. The highest BCUT2D eigenvalue weighted by atomic mass is 32.2. The lowest BCUT2D eigenvalue weighted by Gasteiger charge is -2.34. The van der Waals surface area contributed by atoms with Gasteiger partial charge in [0.2, 0.25) is 10.0 Å². The topological polar surface area (TPSA) is 97.0 Å². The van der Waals surface area contributed by atoms with E-state index in [4.69, 9.17) is 4.52 Å². The number of nitrogens with zero attached hydrogens (tertiary/aromatic N) is 2. The Morgan fingerprint density at radius 3 is 2.48 bits per heavy atom. The van der Waals surface area contributed by atoms with E-state index in [-0.39, 0.29) is 29.9 Å². The molecule has 2 heterocycles. The molecule has 1 fully saturated rings. The minimum atomic E-state index is -3.66. The van der Waals surface area contributed by atoms with E-state index in [2.05, 4.69) is 10.5 Å². The summed E-state index contributed by atoms with van der Waals surface area (Å²) in [4.78, 5) is 13.4. The number of aromatic nitrogens is 1. The summed E-state index contributed by atoms with van der Waals surface area (Å²) in [7, 11) is -3.66. The Hall–Kier alpha value is -2.30. The molecule has 0 unspecified atom stereocenters. The predicted octanol–water partition coefficient (Wildman–Crippen LogP) is 0.0385. The number of amides is 1. The van der Waals surface area contributed by atoms with Crippen molar-refractivity contribution < 1.29 is 27.0 Å². The molecule has 2 aromatic rings. The lowest BCUT2D eigenvalue weighted by Crippen LogP contribution is -3.19. The van der Waals surface area contributed by atoms with Gasteiger partial charge in [-0.1, -0.05) is 5.16 Å². The molecule has 0 radical (unpaired) electrons. The molecule has 1 amide bonds. The standard InChI is InChI=1S/C17H21FN4O4S/c1-12-11-16(20-26-12)19-17(23)13(2)21-7-9-22(10-8-21)27(24,25)15-5-3-14(18)4-6-15/h3-6,11,13H,7-10H2,1-2H3,(H,19,20,23)/p+1/t13-/m1/s1. The summed E-state index contributed by atoms with van der Waals surface area (Å²) >= 11 is 0. The molecule has 10 heteroatoms. The van der Waals surface area contributed by atoms with Crippen LogP contribution in [0.5, 0.6) is 0 Å². The normalized spacial score (nSPS) is 17.6. The minimum absolute atomic E-state index is 0.0690. The van der Waals surface area contributed by atoms with Crippen LogP contribution in [0.4, 0.5) is 10.2 Å². The van der Waals surface area contributed by atoms with Crippen LogP contribution in [-0.2, 0) is 14.8 Å². The smallest absolute Gasteiger partial charge is 0.283 e. The van der Waals surface area contributed by atoms with E-state index in [9.17, 15) is 17.6 Å². The molecule has 0 spiro atoms. The first-order valence-corrected chi connectivity index (χ1v) is 10.1. The van der Waals surface area contributed by atoms with E-state index in [1.54, 1.807) is 19.9 Å². The number of halogens is 1. The summed E-state index contributed by atoms with van der Waals surface area (Å²) in [6.07, 6.45) is 0. The van der Waals surface area contributed by atoms with Crippen molar-refractivity contribution in [2.45, 2.75) is 24.8 Å².